The van der Waals surface area contributed by atoms with Crippen LogP contribution in [0.5, 0.6) is 0 Å². The second-order valence-electron chi connectivity index (χ2n) is 5.38. The zero-order chi connectivity index (χ0) is 15.3. The Morgan fingerprint density at radius 2 is 2.00 bits per heavy atom. The minimum Gasteiger partial charge on any atom is -0.481 e. The first kappa shape index (κ1) is 16.4. The van der Waals surface area contributed by atoms with Crippen molar-refractivity contribution < 1.29 is 24.6 Å². The molecule has 20 heavy (non-hydrogen) atoms. The van der Waals surface area contributed by atoms with Crippen molar-refractivity contribution in [1.82, 2.24) is 4.90 Å². The lowest BCUT2D eigenvalue weighted by atomic mass is 9.83. The molecule has 1 saturated heterocycles. The molecule has 0 saturated carbocycles. The maximum atomic E-state index is 12.1. The van der Waals surface area contributed by atoms with Gasteiger partial charge in [-0.15, -0.1) is 0 Å². The van der Waals surface area contributed by atoms with E-state index in [2.05, 4.69) is 0 Å². The molecule has 1 fully saturated rings. The van der Waals surface area contributed by atoms with Crippen LogP contribution in [0, 0.1) is 5.41 Å². The minimum absolute atomic E-state index is 0.0680. The van der Waals surface area contributed by atoms with Crippen LogP contribution in [0.4, 0.5) is 0 Å². The second-order valence-corrected chi connectivity index (χ2v) is 5.38. The van der Waals surface area contributed by atoms with Crippen LogP contribution < -0.4 is 5.73 Å². The third-order valence-corrected chi connectivity index (χ3v) is 3.83. The number of rotatable bonds is 7. The fourth-order valence-corrected chi connectivity index (χ4v) is 2.66. The largest absolute Gasteiger partial charge is 0.481 e. The Hall–Kier alpha value is -1.63. The lowest BCUT2D eigenvalue weighted by molar-refractivity contribution is -0.149. The molecule has 0 aromatic carbocycles. The van der Waals surface area contributed by atoms with E-state index in [0.29, 0.717) is 19.4 Å². The fraction of sp³-hybridized carbons (Fsp3) is 0.769. The highest BCUT2D eigenvalue weighted by Gasteiger charge is 2.45. The molecule has 4 N–H and O–H groups in total. The van der Waals surface area contributed by atoms with Crippen molar-refractivity contribution in [2.45, 2.75) is 45.1 Å². The molecule has 0 radical (unpaired) electrons. The van der Waals surface area contributed by atoms with E-state index in [0.717, 1.165) is 6.42 Å². The lowest BCUT2D eigenvalue weighted by Gasteiger charge is -2.25. The molecule has 1 aliphatic heterocycles. The van der Waals surface area contributed by atoms with Crippen LogP contribution in [-0.2, 0) is 14.4 Å². The van der Waals surface area contributed by atoms with Gasteiger partial charge < -0.3 is 20.8 Å². The third kappa shape index (κ3) is 3.69. The molecule has 2 atom stereocenters. The van der Waals surface area contributed by atoms with Gasteiger partial charge in [0.1, 0.15) is 0 Å². The highest BCUT2D eigenvalue weighted by Crippen LogP contribution is 2.35. The van der Waals surface area contributed by atoms with Gasteiger partial charge in [-0.1, -0.05) is 13.3 Å². The van der Waals surface area contributed by atoms with Crippen LogP contribution in [0.3, 0.4) is 0 Å². The summed E-state index contributed by atoms with van der Waals surface area (Å²) >= 11 is 0. The molecule has 1 amide bonds. The molecule has 7 nitrogen and oxygen atoms in total. The summed E-state index contributed by atoms with van der Waals surface area (Å²) in [6.07, 6.45) is 1.59. The number of carboxylic acids is 2. The van der Waals surface area contributed by atoms with Gasteiger partial charge in [-0.05, 0) is 19.3 Å². The van der Waals surface area contributed by atoms with Gasteiger partial charge in [0.2, 0.25) is 5.91 Å². The van der Waals surface area contributed by atoms with Crippen molar-refractivity contribution in [3.05, 3.63) is 0 Å². The highest BCUT2D eigenvalue weighted by molar-refractivity contribution is 5.84. The van der Waals surface area contributed by atoms with Crippen molar-refractivity contribution in [3.8, 4) is 0 Å². The first-order valence-corrected chi connectivity index (χ1v) is 6.82. The molecule has 2 unspecified atom stereocenters. The van der Waals surface area contributed by atoms with Crippen molar-refractivity contribution >= 4 is 17.8 Å². The molecule has 7 heteroatoms. The number of aliphatic carboxylic acids is 2. The Bertz CT molecular complexity index is 398. The van der Waals surface area contributed by atoms with Crippen molar-refractivity contribution in [3.63, 3.8) is 0 Å². The van der Waals surface area contributed by atoms with Gasteiger partial charge in [-0.2, -0.15) is 0 Å². The summed E-state index contributed by atoms with van der Waals surface area (Å²) in [5.74, 6) is -2.24. The van der Waals surface area contributed by atoms with E-state index in [1.807, 2.05) is 6.92 Å². The molecule has 1 rings (SSSR count). The average Bonchev–Trinajstić information content (AvgIpc) is 2.81. The topological polar surface area (TPSA) is 121 Å². The molecule has 1 aliphatic rings. The van der Waals surface area contributed by atoms with Gasteiger partial charge >= 0.3 is 11.9 Å². The van der Waals surface area contributed by atoms with E-state index >= 15 is 0 Å². The number of nitrogens with zero attached hydrogens (tertiary/aromatic N) is 1. The van der Waals surface area contributed by atoms with Gasteiger partial charge in [-0.3, -0.25) is 14.4 Å². The number of hydrogen-bond donors (Lipinski definition) is 3. The fourth-order valence-electron chi connectivity index (χ4n) is 2.66. The van der Waals surface area contributed by atoms with Crippen LogP contribution in [0.15, 0.2) is 0 Å². The number of carbonyl (C=O) groups is 3. The number of amides is 1. The normalized spacial score (nSPS) is 23.6. The number of carboxylic acid groups (broad SMARTS) is 2. The summed E-state index contributed by atoms with van der Waals surface area (Å²) in [4.78, 5) is 35.4. The maximum absolute atomic E-state index is 12.1. The molecule has 0 bridgehead atoms. The van der Waals surface area contributed by atoms with Gasteiger partial charge in [0.05, 0.1) is 11.5 Å². The lowest BCUT2D eigenvalue weighted by Crippen LogP contribution is -2.44. The molecule has 0 aromatic heterocycles. The summed E-state index contributed by atoms with van der Waals surface area (Å²) in [5.41, 5.74) is 4.80. The van der Waals surface area contributed by atoms with Gasteiger partial charge in [0.15, 0.2) is 0 Å². The van der Waals surface area contributed by atoms with Crippen molar-refractivity contribution in [1.29, 1.82) is 0 Å². The van der Waals surface area contributed by atoms with Crippen LogP contribution in [0.25, 0.3) is 0 Å². The van der Waals surface area contributed by atoms with E-state index in [1.165, 1.54) is 4.90 Å². The number of hydrogen-bond acceptors (Lipinski definition) is 4. The zero-order valence-corrected chi connectivity index (χ0v) is 11.7. The summed E-state index contributed by atoms with van der Waals surface area (Å²) in [7, 11) is 0. The standard InChI is InChI=1S/C13H22N2O5/c1-2-5-13(12(19)20)6-7-15(8-13)11(18)9(14)3-4-10(16)17/h9H,2-8,14H2,1H3,(H,16,17)(H,19,20). The molecule has 0 aromatic rings. The molecule has 114 valence electrons. The Labute approximate surface area is 117 Å². The van der Waals surface area contributed by atoms with Crippen molar-refractivity contribution in [2.24, 2.45) is 11.1 Å². The smallest absolute Gasteiger partial charge is 0.311 e. The molecular formula is C13H22N2O5. The van der Waals surface area contributed by atoms with E-state index < -0.39 is 23.4 Å². The monoisotopic (exact) mass is 286 g/mol. The number of likely N-dealkylation sites (tertiary alicyclic amines) is 1. The molecule has 0 spiro atoms. The average molecular weight is 286 g/mol. The summed E-state index contributed by atoms with van der Waals surface area (Å²) in [5, 5.41) is 17.9. The summed E-state index contributed by atoms with van der Waals surface area (Å²) in [6, 6.07) is -0.877. The van der Waals surface area contributed by atoms with Gasteiger partial charge in [0.25, 0.3) is 0 Å². The van der Waals surface area contributed by atoms with Crippen LogP contribution >= 0.6 is 0 Å². The molecule has 0 aliphatic carbocycles. The zero-order valence-electron chi connectivity index (χ0n) is 11.7. The SMILES string of the molecule is CCCC1(C(=O)O)CCN(C(=O)C(N)CCC(=O)O)C1. The Balaban J connectivity index is 2.63. The first-order chi connectivity index (χ1) is 9.32. The van der Waals surface area contributed by atoms with Crippen LogP contribution in [-0.4, -0.2) is 52.1 Å². The molecule has 1 heterocycles. The van der Waals surface area contributed by atoms with E-state index in [1.54, 1.807) is 0 Å². The van der Waals surface area contributed by atoms with Crippen molar-refractivity contribution in [2.75, 3.05) is 13.1 Å². The Kier molecular flexibility index (Phi) is 5.50. The van der Waals surface area contributed by atoms with Gasteiger partial charge in [-0.25, -0.2) is 0 Å². The van der Waals surface area contributed by atoms with Crippen LogP contribution in [0.2, 0.25) is 0 Å². The second kappa shape index (κ2) is 6.69. The third-order valence-electron chi connectivity index (χ3n) is 3.83. The predicted molar refractivity (Wildman–Crippen MR) is 71.0 cm³/mol. The minimum atomic E-state index is -1.000. The molecular weight excluding hydrogens is 264 g/mol. The summed E-state index contributed by atoms with van der Waals surface area (Å²) in [6.45, 7) is 2.44. The summed E-state index contributed by atoms with van der Waals surface area (Å²) < 4.78 is 0. The Morgan fingerprint density at radius 3 is 2.50 bits per heavy atom. The quantitative estimate of drug-likeness (QED) is 0.618. The highest BCUT2D eigenvalue weighted by atomic mass is 16.4. The van der Waals surface area contributed by atoms with Gasteiger partial charge in [0, 0.05) is 19.5 Å². The maximum Gasteiger partial charge on any atom is 0.311 e. The van der Waals surface area contributed by atoms with E-state index in [-0.39, 0.29) is 25.3 Å². The first-order valence-electron chi connectivity index (χ1n) is 6.82. The Morgan fingerprint density at radius 1 is 1.35 bits per heavy atom. The van der Waals surface area contributed by atoms with E-state index in [9.17, 15) is 19.5 Å². The predicted octanol–water partition coefficient (Wildman–Crippen LogP) is 0.282. The van der Waals surface area contributed by atoms with Crippen LogP contribution in [0.1, 0.15) is 39.0 Å². The van der Waals surface area contributed by atoms with E-state index in [4.69, 9.17) is 10.8 Å². The number of carbonyl (C=O) groups excluding carboxylic acids is 1. The number of nitrogens with two attached hydrogens (primary N) is 1.